The first-order chi connectivity index (χ1) is 11.5. The molecule has 0 atom stereocenters. The lowest BCUT2D eigenvalue weighted by molar-refractivity contribution is 0.602. The maximum atomic E-state index is 12.1. The summed E-state index contributed by atoms with van der Waals surface area (Å²) in [6.07, 6.45) is 4.34. The van der Waals surface area contributed by atoms with E-state index in [-0.39, 0.29) is 11.4 Å². The number of nitrogens with zero attached hydrogens (tertiary/aromatic N) is 4. The van der Waals surface area contributed by atoms with E-state index in [1.165, 1.54) is 6.26 Å². The highest BCUT2D eigenvalue weighted by Crippen LogP contribution is 2.32. The zero-order chi connectivity index (χ0) is 17.2. The first-order valence-electron chi connectivity index (χ1n) is 7.07. The second-order valence-electron chi connectivity index (χ2n) is 5.22. The first kappa shape index (κ1) is 15.9. The molecule has 3 rings (SSSR count). The molecule has 3 aromatic rings. The maximum Gasteiger partial charge on any atom is 0.214 e. The standard InChI is InChI=1S/C16H14N5O2S/c1-24(22,23)16-5-3-2-4-12(16)13-9-15-14(18-6-7-19-15)8-11(13)10-20-21-17/h2-9,17H,10H2,1H3/q+1. The summed E-state index contributed by atoms with van der Waals surface area (Å²) in [4.78, 5) is 11.8. The summed E-state index contributed by atoms with van der Waals surface area (Å²) in [5.41, 5.74) is 10.2. The third-order valence-electron chi connectivity index (χ3n) is 3.58. The summed E-state index contributed by atoms with van der Waals surface area (Å²) in [6.45, 7) is 0.156. The van der Waals surface area contributed by atoms with Crippen molar-refractivity contribution in [2.45, 2.75) is 11.4 Å². The van der Waals surface area contributed by atoms with E-state index in [0.29, 0.717) is 22.2 Å². The van der Waals surface area contributed by atoms with E-state index in [1.54, 1.807) is 48.8 Å². The Kier molecular flexibility index (Phi) is 4.16. The number of nitrogens with one attached hydrogen (secondary N) is 1. The first-order valence-corrected chi connectivity index (χ1v) is 8.96. The Balaban J connectivity index is 2.34. The third kappa shape index (κ3) is 3.05. The van der Waals surface area contributed by atoms with Crippen LogP contribution in [0.1, 0.15) is 5.56 Å². The van der Waals surface area contributed by atoms with E-state index in [9.17, 15) is 8.42 Å². The molecule has 1 N–H and O–H groups in total. The zero-order valence-corrected chi connectivity index (χ0v) is 13.7. The molecule has 0 fully saturated rings. The Morgan fingerprint density at radius 3 is 2.42 bits per heavy atom. The molecule has 0 radical (unpaired) electrons. The van der Waals surface area contributed by atoms with Crippen molar-refractivity contribution in [1.82, 2.24) is 14.9 Å². The van der Waals surface area contributed by atoms with E-state index in [0.717, 1.165) is 5.56 Å². The Morgan fingerprint density at radius 1 is 1.08 bits per heavy atom. The van der Waals surface area contributed by atoms with Crippen LogP contribution in [0.5, 0.6) is 0 Å². The average molecular weight is 340 g/mol. The van der Waals surface area contributed by atoms with Crippen LogP contribution < -0.4 is 4.91 Å². The van der Waals surface area contributed by atoms with Crippen molar-refractivity contribution in [1.29, 1.82) is 5.53 Å². The van der Waals surface area contributed by atoms with Gasteiger partial charge in [-0.15, -0.1) is 0 Å². The quantitative estimate of drug-likeness (QED) is 0.581. The summed E-state index contributed by atoms with van der Waals surface area (Å²) in [6, 6.07) is 10.4. The molecular formula is C16H14N5O2S+. The molecule has 1 heterocycles. The molecule has 0 aliphatic heterocycles. The Bertz CT molecular complexity index is 1070. The molecule has 0 saturated heterocycles. The fourth-order valence-electron chi connectivity index (χ4n) is 2.56. The second-order valence-corrected chi connectivity index (χ2v) is 7.21. The maximum absolute atomic E-state index is 12.1. The van der Waals surface area contributed by atoms with Crippen LogP contribution in [0.3, 0.4) is 0 Å². The van der Waals surface area contributed by atoms with Gasteiger partial charge in [-0.05, 0) is 29.3 Å². The molecule has 0 unspecified atom stereocenters. The number of hydrogen-bond donors (Lipinski definition) is 1. The Morgan fingerprint density at radius 2 is 1.75 bits per heavy atom. The van der Waals surface area contributed by atoms with Crippen molar-refractivity contribution in [2.24, 2.45) is 5.11 Å². The van der Waals surface area contributed by atoms with Gasteiger partial charge in [-0.25, -0.2) is 8.42 Å². The fraction of sp³-hybridized carbons (Fsp3) is 0.125. The number of aromatic nitrogens is 2. The number of rotatable bonds is 4. The highest BCUT2D eigenvalue weighted by atomic mass is 32.2. The number of hydrogen-bond acceptors (Lipinski definition) is 6. The third-order valence-corrected chi connectivity index (χ3v) is 4.74. The average Bonchev–Trinajstić information content (AvgIpc) is 2.58. The summed E-state index contributed by atoms with van der Waals surface area (Å²) in [5, 5.41) is 3.72. The summed E-state index contributed by atoms with van der Waals surface area (Å²) in [7, 11) is -3.40. The van der Waals surface area contributed by atoms with Crippen LogP contribution in [0.2, 0.25) is 0 Å². The molecule has 0 aliphatic rings. The van der Waals surface area contributed by atoms with Crippen molar-refractivity contribution < 1.29 is 8.42 Å². The Hall–Kier alpha value is -2.96. The van der Waals surface area contributed by atoms with Crippen molar-refractivity contribution in [2.75, 3.05) is 6.26 Å². The molecule has 8 heteroatoms. The summed E-state index contributed by atoms with van der Waals surface area (Å²) >= 11 is 0. The van der Waals surface area contributed by atoms with E-state index in [1.807, 2.05) is 0 Å². The van der Waals surface area contributed by atoms with Crippen LogP contribution in [-0.2, 0) is 16.4 Å². The minimum Gasteiger partial charge on any atom is -0.253 e. The van der Waals surface area contributed by atoms with Crippen LogP contribution in [0.15, 0.2) is 58.8 Å². The van der Waals surface area contributed by atoms with Gasteiger partial charge in [-0.3, -0.25) is 9.97 Å². The number of benzene rings is 2. The number of sulfone groups is 1. The molecule has 2 aromatic carbocycles. The predicted octanol–water partition coefficient (Wildman–Crippen LogP) is 2.75. The van der Waals surface area contributed by atoms with E-state index in [4.69, 9.17) is 5.53 Å². The topological polar surface area (TPSA) is 110 Å². The molecule has 0 saturated carbocycles. The van der Waals surface area contributed by atoms with Gasteiger partial charge in [0.1, 0.15) is 17.2 Å². The summed E-state index contributed by atoms with van der Waals surface area (Å²) in [5.74, 6) is 0. The normalized spacial score (nSPS) is 11.2. The zero-order valence-electron chi connectivity index (χ0n) is 12.8. The molecule has 0 amide bonds. The molecule has 0 bridgehead atoms. The van der Waals surface area contributed by atoms with Crippen molar-refractivity contribution in [3.63, 3.8) is 0 Å². The van der Waals surface area contributed by atoms with E-state index in [2.05, 4.69) is 20.0 Å². The lowest BCUT2D eigenvalue weighted by atomic mass is 9.98. The van der Waals surface area contributed by atoms with Gasteiger partial charge in [0.15, 0.2) is 9.84 Å². The molecule has 7 nitrogen and oxygen atoms in total. The fourth-order valence-corrected chi connectivity index (χ4v) is 3.46. The van der Waals surface area contributed by atoms with E-state index < -0.39 is 9.84 Å². The molecule has 1 aromatic heterocycles. The highest BCUT2D eigenvalue weighted by Gasteiger charge is 2.18. The molecule has 120 valence electrons. The monoisotopic (exact) mass is 340 g/mol. The van der Waals surface area contributed by atoms with Crippen molar-refractivity contribution in [3.05, 3.63) is 54.4 Å². The van der Waals surface area contributed by atoms with Crippen LogP contribution in [-0.4, -0.2) is 24.6 Å². The van der Waals surface area contributed by atoms with Crippen LogP contribution in [0.4, 0.5) is 0 Å². The minimum atomic E-state index is -3.40. The highest BCUT2D eigenvalue weighted by molar-refractivity contribution is 7.90. The lowest BCUT2D eigenvalue weighted by Crippen LogP contribution is -2.01. The van der Waals surface area contributed by atoms with Gasteiger partial charge in [-0.2, -0.15) is 0 Å². The number of fused-ring (bicyclic) bond motifs is 1. The van der Waals surface area contributed by atoms with Gasteiger partial charge in [0.2, 0.25) is 4.91 Å². The van der Waals surface area contributed by atoms with Crippen molar-refractivity contribution >= 4 is 20.9 Å². The van der Waals surface area contributed by atoms with Gasteiger partial charge in [-0.1, -0.05) is 18.2 Å². The smallest absolute Gasteiger partial charge is 0.214 e. The van der Waals surface area contributed by atoms with Crippen LogP contribution in [0.25, 0.3) is 22.2 Å². The van der Waals surface area contributed by atoms with Gasteiger partial charge in [0, 0.05) is 24.2 Å². The summed E-state index contributed by atoms with van der Waals surface area (Å²) < 4.78 is 24.2. The molecular weight excluding hydrogens is 326 g/mol. The molecule has 0 aliphatic carbocycles. The lowest BCUT2D eigenvalue weighted by Gasteiger charge is -2.12. The SMILES string of the molecule is CS(=O)(=O)c1ccccc1-c1cc2nccnc2cc1CN=[N+]=N. The minimum absolute atomic E-state index is 0.156. The van der Waals surface area contributed by atoms with Crippen LogP contribution >= 0.6 is 0 Å². The van der Waals surface area contributed by atoms with Gasteiger partial charge < -0.3 is 0 Å². The van der Waals surface area contributed by atoms with Gasteiger partial charge >= 0.3 is 0 Å². The Labute approximate surface area is 138 Å². The van der Waals surface area contributed by atoms with Gasteiger partial charge in [0.05, 0.1) is 15.9 Å². The molecule has 0 spiro atoms. The molecule has 24 heavy (non-hydrogen) atoms. The van der Waals surface area contributed by atoms with Gasteiger partial charge in [0.25, 0.3) is 0 Å². The van der Waals surface area contributed by atoms with Crippen molar-refractivity contribution in [3.8, 4) is 11.1 Å². The predicted molar refractivity (Wildman–Crippen MR) is 89.1 cm³/mol. The second kappa shape index (κ2) is 6.27. The van der Waals surface area contributed by atoms with E-state index >= 15 is 0 Å². The van der Waals surface area contributed by atoms with Crippen LogP contribution in [0, 0.1) is 5.53 Å². The largest absolute Gasteiger partial charge is 0.253 e.